The molecule has 7 aromatic carbocycles. The monoisotopic (exact) mass is 710 g/mol. The van der Waals surface area contributed by atoms with Crippen molar-refractivity contribution in [2.45, 2.75) is 27.7 Å². The van der Waals surface area contributed by atoms with E-state index in [1.165, 1.54) is 16.7 Å². The predicted octanol–water partition coefficient (Wildman–Crippen LogP) is 11.9. The van der Waals surface area contributed by atoms with Crippen LogP contribution in [0.3, 0.4) is 0 Å². The molecule has 0 saturated carbocycles. The van der Waals surface area contributed by atoms with E-state index in [1.54, 1.807) is 0 Å². The van der Waals surface area contributed by atoms with Crippen LogP contribution in [-0.4, -0.2) is 28.7 Å². The van der Waals surface area contributed by atoms with E-state index in [2.05, 4.69) is 199 Å². The van der Waals surface area contributed by atoms with E-state index in [0.717, 1.165) is 89.9 Å². The molecule has 10 rings (SSSR count). The molecular formula is C49H38N6. The molecule has 0 saturated heterocycles. The van der Waals surface area contributed by atoms with Gasteiger partial charge in [0.05, 0.1) is 50.2 Å². The lowest BCUT2D eigenvalue weighted by Gasteiger charge is -2.19. The Morgan fingerprint density at radius 2 is 0.655 bits per heavy atom. The molecule has 6 nitrogen and oxygen atoms in total. The number of aryl methyl sites for hydroxylation is 3. The van der Waals surface area contributed by atoms with Crippen LogP contribution in [0.25, 0.3) is 84.3 Å². The van der Waals surface area contributed by atoms with E-state index in [9.17, 15) is 0 Å². The fraction of sp³-hybridized carbons (Fsp3) is 0.0816. The van der Waals surface area contributed by atoms with E-state index < -0.39 is 0 Å². The van der Waals surface area contributed by atoms with Crippen LogP contribution in [0, 0.1) is 27.7 Å². The highest BCUT2D eigenvalue weighted by Crippen LogP contribution is 2.42. The molecule has 0 aliphatic carbocycles. The normalized spacial score (nSPS) is 11.6. The summed E-state index contributed by atoms with van der Waals surface area (Å²) in [6.45, 7) is 8.70. The van der Waals surface area contributed by atoms with E-state index in [-0.39, 0.29) is 0 Å². The number of benzene rings is 7. The quantitative estimate of drug-likeness (QED) is 0.173. The number of hydrogen-bond donors (Lipinski definition) is 0. The molecule has 0 bridgehead atoms. The van der Waals surface area contributed by atoms with Crippen LogP contribution in [-0.2, 0) is 0 Å². The average Bonchev–Trinajstić information content (AvgIpc) is 3.91. The minimum absolute atomic E-state index is 0.857. The van der Waals surface area contributed by atoms with Crippen LogP contribution >= 0.6 is 0 Å². The van der Waals surface area contributed by atoms with Gasteiger partial charge in [0.15, 0.2) is 0 Å². The van der Waals surface area contributed by atoms with Crippen LogP contribution in [0.5, 0.6) is 0 Å². The highest BCUT2D eigenvalue weighted by atomic mass is 15.1. The van der Waals surface area contributed by atoms with Crippen molar-refractivity contribution in [3.8, 4) is 51.2 Å². The molecule has 0 unspecified atom stereocenters. The first kappa shape index (κ1) is 32.6. The smallest absolute Gasteiger partial charge is 0.146 e. The first-order valence-corrected chi connectivity index (χ1v) is 18.7. The summed E-state index contributed by atoms with van der Waals surface area (Å²) >= 11 is 0. The van der Waals surface area contributed by atoms with E-state index in [4.69, 9.17) is 15.0 Å². The van der Waals surface area contributed by atoms with Gasteiger partial charge in [-0.2, -0.15) is 0 Å². The SMILES string of the molecule is Cc1ccccc1-n1c(-c2cc(-c3nc4ccccc4n3-c3ccccc3C)c(C)c(-c3nc4ccccc4n3-c3ccccc3C)c2)nc2ccccc21. The highest BCUT2D eigenvalue weighted by Gasteiger charge is 2.26. The van der Waals surface area contributed by atoms with Crippen molar-refractivity contribution >= 4 is 33.1 Å². The molecule has 0 radical (unpaired) electrons. The Morgan fingerprint density at radius 1 is 0.345 bits per heavy atom. The average molecular weight is 711 g/mol. The summed E-state index contributed by atoms with van der Waals surface area (Å²) in [4.78, 5) is 16.2. The summed E-state index contributed by atoms with van der Waals surface area (Å²) in [7, 11) is 0. The summed E-state index contributed by atoms with van der Waals surface area (Å²) in [5.74, 6) is 2.59. The maximum absolute atomic E-state index is 5.41. The van der Waals surface area contributed by atoms with Gasteiger partial charge in [-0.25, -0.2) is 15.0 Å². The number of imidazole rings is 3. The summed E-state index contributed by atoms with van der Waals surface area (Å²) in [6.07, 6.45) is 0. The van der Waals surface area contributed by atoms with E-state index in [0.29, 0.717) is 0 Å². The number of hydrogen-bond acceptors (Lipinski definition) is 3. The summed E-state index contributed by atoms with van der Waals surface area (Å²) in [5.41, 5.74) is 16.8. The van der Waals surface area contributed by atoms with Gasteiger partial charge < -0.3 is 0 Å². The van der Waals surface area contributed by atoms with Crippen molar-refractivity contribution < 1.29 is 0 Å². The second-order valence-electron chi connectivity index (χ2n) is 14.3. The van der Waals surface area contributed by atoms with Crippen molar-refractivity contribution in [2.75, 3.05) is 0 Å². The van der Waals surface area contributed by atoms with Crippen molar-refractivity contribution in [3.05, 3.63) is 180 Å². The van der Waals surface area contributed by atoms with Crippen LogP contribution < -0.4 is 0 Å². The molecule has 0 N–H and O–H groups in total. The molecule has 264 valence electrons. The van der Waals surface area contributed by atoms with Gasteiger partial charge >= 0.3 is 0 Å². The molecule has 3 aromatic heterocycles. The predicted molar refractivity (Wildman–Crippen MR) is 226 cm³/mol. The minimum atomic E-state index is 0.857. The Morgan fingerprint density at radius 3 is 1.04 bits per heavy atom. The first-order valence-electron chi connectivity index (χ1n) is 18.7. The lowest BCUT2D eigenvalue weighted by Crippen LogP contribution is -2.05. The van der Waals surface area contributed by atoms with Crippen LogP contribution in [0.1, 0.15) is 22.3 Å². The second kappa shape index (κ2) is 12.8. The maximum atomic E-state index is 5.41. The molecule has 3 heterocycles. The molecule has 0 aliphatic heterocycles. The van der Waals surface area contributed by atoms with Crippen LogP contribution in [0.15, 0.2) is 158 Å². The van der Waals surface area contributed by atoms with Gasteiger partial charge in [-0.1, -0.05) is 91.0 Å². The topological polar surface area (TPSA) is 53.5 Å². The molecule has 0 aliphatic rings. The fourth-order valence-electron chi connectivity index (χ4n) is 8.12. The molecule has 0 fully saturated rings. The van der Waals surface area contributed by atoms with Gasteiger partial charge in [-0.15, -0.1) is 0 Å². The van der Waals surface area contributed by atoms with E-state index >= 15 is 0 Å². The van der Waals surface area contributed by atoms with Gasteiger partial charge in [-0.3, -0.25) is 13.7 Å². The third-order valence-corrected chi connectivity index (χ3v) is 10.9. The molecule has 0 spiro atoms. The van der Waals surface area contributed by atoms with Crippen LogP contribution in [0.4, 0.5) is 0 Å². The van der Waals surface area contributed by atoms with E-state index in [1.807, 2.05) is 0 Å². The number of fused-ring (bicyclic) bond motifs is 3. The molecule has 0 amide bonds. The lowest BCUT2D eigenvalue weighted by atomic mass is 9.96. The second-order valence-corrected chi connectivity index (χ2v) is 14.3. The van der Waals surface area contributed by atoms with Gasteiger partial charge in [0.2, 0.25) is 0 Å². The third-order valence-electron chi connectivity index (χ3n) is 10.9. The van der Waals surface area contributed by atoms with Gasteiger partial charge in [0.1, 0.15) is 17.5 Å². The standard InChI is InChI=1S/C49H38N6/c1-31-17-5-11-23-41(31)53-44-26-14-8-20-38(44)50-47(53)35-29-36(48-51-39-21-9-15-27-45(39)54(48)42-24-12-6-18-32(42)2)34(4)37(30-35)49-52-40-22-10-16-28-46(40)55(49)43-25-13-7-19-33(43)3/h5-30H,1-4H3. The minimum Gasteiger partial charge on any atom is -0.292 e. The number of para-hydroxylation sites is 9. The fourth-order valence-corrected chi connectivity index (χ4v) is 8.12. The zero-order valence-corrected chi connectivity index (χ0v) is 31.2. The third kappa shape index (κ3) is 5.21. The number of aromatic nitrogens is 6. The van der Waals surface area contributed by atoms with Gasteiger partial charge in [0, 0.05) is 16.7 Å². The molecule has 0 atom stereocenters. The molecular weight excluding hydrogens is 673 g/mol. The Bertz CT molecular complexity index is 2960. The van der Waals surface area contributed by atoms with Gasteiger partial charge in [-0.05, 0) is 117 Å². The Balaban J connectivity index is 1.36. The Labute approximate surface area is 319 Å². The van der Waals surface area contributed by atoms with Crippen molar-refractivity contribution in [3.63, 3.8) is 0 Å². The maximum Gasteiger partial charge on any atom is 0.146 e. The zero-order valence-electron chi connectivity index (χ0n) is 31.2. The summed E-state index contributed by atoms with van der Waals surface area (Å²) < 4.78 is 6.93. The summed E-state index contributed by atoms with van der Waals surface area (Å²) in [6, 6.07) is 55.4. The molecule has 6 heteroatoms. The van der Waals surface area contributed by atoms with Crippen molar-refractivity contribution in [1.82, 2.24) is 28.7 Å². The van der Waals surface area contributed by atoms with Gasteiger partial charge in [0.25, 0.3) is 0 Å². The van der Waals surface area contributed by atoms with Crippen LogP contribution in [0.2, 0.25) is 0 Å². The highest BCUT2D eigenvalue weighted by molar-refractivity contribution is 5.92. The summed E-state index contributed by atoms with van der Waals surface area (Å²) in [5, 5.41) is 0. The Kier molecular flexibility index (Phi) is 7.59. The molecule has 55 heavy (non-hydrogen) atoms. The number of rotatable bonds is 6. The lowest BCUT2D eigenvalue weighted by molar-refractivity contribution is 1.06. The molecule has 10 aromatic rings. The van der Waals surface area contributed by atoms with Crippen molar-refractivity contribution in [1.29, 1.82) is 0 Å². The van der Waals surface area contributed by atoms with Crippen molar-refractivity contribution in [2.24, 2.45) is 0 Å². The largest absolute Gasteiger partial charge is 0.292 e. The Hall–Kier alpha value is -7.05. The first-order chi connectivity index (χ1) is 27.0. The zero-order chi connectivity index (χ0) is 37.2. The number of nitrogens with zero attached hydrogens (tertiary/aromatic N) is 6.